The van der Waals surface area contributed by atoms with E-state index in [1.807, 2.05) is 30.3 Å². The molecular weight excluding hydrogens is 308 g/mol. The van der Waals surface area contributed by atoms with Gasteiger partial charge in [0.15, 0.2) is 5.58 Å². The zero-order valence-corrected chi connectivity index (χ0v) is 12.9. The lowest BCUT2D eigenvalue weighted by molar-refractivity contribution is 0.0705. The third-order valence-corrected chi connectivity index (χ3v) is 3.64. The number of amides is 2. The maximum atomic E-state index is 12.4. The molecule has 0 saturated carbocycles. The van der Waals surface area contributed by atoms with Crippen LogP contribution in [0.15, 0.2) is 59.0 Å². The third-order valence-electron chi connectivity index (χ3n) is 3.64. The molecule has 0 fully saturated rings. The Kier molecular flexibility index (Phi) is 4.56. The number of imide groups is 1. The Morgan fingerprint density at radius 2 is 1.75 bits per heavy atom. The van der Waals surface area contributed by atoms with E-state index in [0.717, 1.165) is 10.5 Å². The maximum Gasteiger partial charge on any atom is 0.414 e. The van der Waals surface area contributed by atoms with E-state index in [2.05, 4.69) is 4.98 Å². The van der Waals surface area contributed by atoms with Crippen LogP contribution in [0.5, 0.6) is 0 Å². The number of carboxylic acid groups (broad SMARTS) is 1. The molecule has 0 aliphatic rings. The van der Waals surface area contributed by atoms with E-state index in [4.69, 9.17) is 4.42 Å². The molecule has 1 aromatic heterocycles. The molecule has 0 aliphatic heterocycles. The van der Waals surface area contributed by atoms with Crippen LogP contribution in [0.25, 0.3) is 11.1 Å². The van der Waals surface area contributed by atoms with E-state index < -0.39 is 12.0 Å². The molecule has 6 heteroatoms. The lowest BCUT2D eigenvalue weighted by atomic mass is 10.1. The number of hydrogen-bond acceptors (Lipinski definition) is 4. The van der Waals surface area contributed by atoms with E-state index >= 15 is 0 Å². The van der Waals surface area contributed by atoms with Crippen molar-refractivity contribution in [1.29, 1.82) is 0 Å². The van der Waals surface area contributed by atoms with Crippen LogP contribution in [0, 0.1) is 0 Å². The van der Waals surface area contributed by atoms with Gasteiger partial charge in [0.05, 0.1) is 0 Å². The van der Waals surface area contributed by atoms with Crippen molar-refractivity contribution < 1.29 is 19.1 Å². The number of nitrogens with zero attached hydrogens (tertiary/aromatic N) is 2. The van der Waals surface area contributed by atoms with Crippen LogP contribution in [-0.2, 0) is 6.42 Å². The second kappa shape index (κ2) is 6.95. The first-order chi connectivity index (χ1) is 11.6. The summed E-state index contributed by atoms with van der Waals surface area (Å²) in [5.41, 5.74) is 2.07. The second-order valence-electron chi connectivity index (χ2n) is 5.32. The van der Waals surface area contributed by atoms with Gasteiger partial charge < -0.3 is 9.52 Å². The van der Waals surface area contributed by atoms with E-state index in [1.54, 1.807) is 24.3 Å². The monoisotopic (exact) mass is 324 g/mol. The van der Waals surface area contributed by atoms with Gasteiger partial charge in [0.2, 0.25) is 0 Å². The van der Waals surface area contributed by atoms with Gasteiger partial charge in [-0.25, -0.2) is 14.7 Å². The molecule has 1 N–H and O–H groups in total. The quantitative estimate of drug-likeness (QED) is 0.775. The van der Waals surface area contributed by atoms with Gasteiger partial charge in [-0.2, -0.15) is 0 Å². The van der Waals surface area contributed by atoms with Crippen LogP contribution in [0.3, 0.4) is 0 Å². The van der Waals surface area contributed by atoms with Gasteiger partial charge in [-0.3, -0.25) is 4.79 Å². The first-order valence-corrected chi connectivity index (χ1v) is 7.59. The predicted octanol–water partition coefficient (Wildman–Crippen LogP) is 3.58. The fraction of sp³-hybridized carbons (Fsp3) is 0.167. The SMILES string of the molecule is O=C(O)N(CCCc1ccccc1)C(=O)c1nc2ccccc2o1. The highest BCUT2D eigenvalue weighted by atomic mass is 16.4. The minimum atomic E-state index is -1.31. The Morgan fingerprint density at radius 1 is 1.04 bits per heavy atom. The summed E-state index contributed by atoms with van der Waals surface area (Å²) in [5, 5.41) is 9.31. The number of para-hydroxylation sites is 2. The number of aromatic nitrogens is 1. The molecule has 3 rings (SSSR count). The van der Waals surface area contributed by atoms with E-state index in [9.17, 15) is 14.7 Å². The van der Waals surface area contributed by atoms with Crippen LogP contribution in [0.2, 0.25) is 0 Å². The molecular formula is C18H16N2O4. The molecule has 24 heavy (non-hydrogen) atoms. The highest BCUT2D eigenvalue weighted by Crippen LogP contribution is 2.16. The fourth-order valence-corrected chi connectivity index (χ4v) is 2.45. The summed E-state index contributed by atoms with van der Waals surface area (Å²) in [7, 11) is 0. The van der Waals surface area contributed by atoms with Gasteiger partial charge in [-0.05, 0) is 30.5 Å². The molecule has 0 aliphatic carbocycles. The predicted molar refractivity (Wildman–Crippen MR) is 87.8 cm³/mol. The van der Waals surface area contributed by atoms with Crippen LogP contribution in [0.1, 0.15) is 22.7 Å². The molecule has 3 aromatic rings. The normalized spacial score (nSPS) is 10.7. The number of oxazole rings is 1. The Labute approximate surface area is 138 Å². The molecule has 0 unspecified atom stereocenters. The number of carbonyl (C=O) groups is 2. The standard InChI is InChI=1S/C18H16N2O4/c21-17(16-19-14-10-4-5-11-15(14)24-16)20(18(22)23)12-6-9-13-7-2-1-3-8-13/h1-5,7-8,10-11H,6,9,12H2,(H,22,23). The average molecular weight is 324 g/mol. The molecule has 0 radical (unpaired) electrons. The van der Waals surface area contributed by atoms with Crippen molar-refractivity contribution in [2.75, 3.05) is 6.54 Å². The first kappa shape index (κ1) is 15.7. The summed E-state index contributed by atoms with van der Waals surface area (Å²) in [4.78, 5) is 28.6. The molecule has 2 amide bonds. The molecule has 6 nitrogen and oxygen atoms in total. The van der Waals surface area contributed by atoms with Gasteiger partial charge in [-0.15, -0.1) is 0 Å². The highest BCUT2D eigenvalue weighted by Gasteiger charge is 2.26. The Hall–Kier alpha value is -3.15. The third kappa shape index (κ3) is 3.43. The van der Waals surface area contributed by atoms with E-state index in [1.165, 1.54) is 0 Å². The van der Waals surface area contributed by atoms with Crippen molar-refractivity contribution in [3.63, 3.8) is 0 Å². The molecule has 0 spiro atoms. The Bertz CT molecular complexity index is 825. The van der Waals surface area contributed by atoms with E-state index in [0.29, 0.717) is 23.9 Å². The second-order valence-corrected chi connectivity index (χ2v) is 5.32. The summed E-state index contributed by atoms with van der Waals surface area (Å²) in [6.45, 7) is 0.0851. The number of hydrogen-bond donors (Lipinski definition) is 1. The van der Waals surface area contributed by atoms with Crippen molar-refractivity contribution >= 4 is 23.1 Å². The number of carbonyl (C=O) groups excluding carboxylic acids is 1. The van der Waals surface area contributed by atoms with Crippen LogP contribution >= 0.6 is 0 Å². The van der Waals surface area contributed by atoms with E-state index in [-0.39, 0.29) is 12.4 Å². The van der Waals surface area contributed by atoms with Crippen molar-refractivity contribution in [1.82, 2.24) is 9.88 Å². The number of fused-ring (bicyclic) bond motifs is 1. The van der Waals surface area contributed by atoms with Crippen LogP contribution < -0.4 is 0 Å². The summed E-state index contributed by atoms with van der Waals surface area (Å²) in [6.07, 6.45) is -0.0939. The molecule has 1 heterocycles. The molecule has 2 aromatic carbocycles. The number of aryl methyl sites for hydroxylation is 1. The minimum Gasteiger partial charge on any atom is -0.465 e. The molecule has 122 valence electrons. The Balaban J connectivity index is 1.70. The highest BCUT2D eigenvalue weighted by molar-refractivity contribution is 6.00. The lowest BCUT2D eigenvalue weighted by Gasteiger charge is -2.15. The smallest absolute Gasteiger partial charge is 0.414 e. The summed E-state index contributed by atoms with van der Waals surface area (Å²) < 4.78 is 5.36. The summed E-state index contributed by atoms with van der Waals surface area (Å²) in [6, 6.07) is 16.6. The topological polar surface area (TPSA) is 83.6 Å². The van der Waals surface area contributed by atoms with Gasteiger partial charge in [-0.1, -0.05) is 42.5 Å². The largest absolute Gasteiger partial charge is 0.465 e. The molecule has 0 saturated heterocycles. The number of benzene rings is 2. The lowest BCUT2D eigenvalue weighted by Crippen LogP contribution is -2.37. The molecule has 0 atom stereocenters. The number of rotatable bonds is 5. The van der Waals surface area contributed by atoms with Crippen LogP contribution in [0.4, 0.5) is 4.79 Å². The fourth-order valence-electron chi connectivity index (χ4n) is 2.45. The summed E-state index contributed by atoms with van der Waals surface area (Å²) >= 11 is 0. The van der Waals surface area contributed by atoms with Gasteiger partial charge in [0.25, 0.3) is 5.89 Å². The maximum absolute atomic E-state index is 12.4. The summed E-state index contributed by atoms with van der Waals surface area (Å²) in [5.74, 6) is -0.954. The van der Waals surface area contributed by atoms with Crippen molar-refractivity contribution in [2.24, 2.45) is 0 Å². The van der Waals surface area contributed by atoms with Gasteiger partial charge in [0.1, 0.15) is 5.52 Å². The molecule has 0 bridgehead atoms. The van der Waals surface area contributed by atoms with Gasteiger partial charge in [0, 0.05) is 6.54 Å². The van der Waals surface area contributed by atoms with Crippen molar-refractivity contribution in [3.05, 3.63) is 66.1 Å². The Morgan fingerprint density at radius 3 is 2.46 bits per heavy atom. The minimum absolute atomic E-state index is 0.0851. The van der Waals surface area contributed by atoms with Crippen LogP contribution in [-0.4, -0.2) is 33.5 Å². The zero-order chi connectivity index (χ0) is 16.9. The zero-order valence-electron chi connectivity index (χ0n) is 12.9. The average Bonchev–Trinajstić information content (AvgIpc) is 3.03. The van der Waals surface area contributed by atoms with Crippen molar-refractivity contribution in [2.45, 2.75) is 12.8 Å². The first-order valence-electron chi connectivity index (χ1n) is 7.59. The van der Waals surface area contributed by atoms with Gasteiger partial charge >= 0.3 is 12.0 Å². The van der Waals surface area contributed by atoms with Crippen molar-refractivity contribution in [3.8, 4) is 0 Å².